The molecule has 3 aromatic heterocycles. The van der Waals surface area contributed by atoms with Crippen LogP contribution in [0.15, 0.2) is 71.5 Å². The molecule has 0 spiro atoms. The molecule has 0 saturated carbocycles. The molecule has 0 aliphatic carbocycles. The molecule has 0 aliphatic heterocycles. The van der Waals surface area contributed by atoms with Crippen LogP contribution in [0.2, 0.25) is 0 Å². The molecular weight excluding hydrogens is 414 g/mol. The molecule has 4 rings (SSSR count). The summed E-state index contributed by atoms with van der Waals surface area (Å²) in [7, 11) is 0. The maximum absolute atomic E-state index is 12.5. The van der Waals surface area contributed by atoms with Crippen molar-refractivity contribution in [3.8, 4) is 10.7 Å². The summed E-state index contributed by atoms with van der Waals surface area (Å²) in [5.41, 5.74) is 2.74. The van der Waals surface area contributed by atoms with Crippen LogP contribution in [0, 0.1) is 0 Å². The van der Waals surface area contributed by atoms with Crippen molar-refractivity contribution < 1.29 is 4.79 Å². The van der Waals surface area contributed by atoms with E-state index in [4.69, 9.17) is 0 Å². The first-order chi connectivity index (χ1) is 14.7. The second-order valence-corrected chi connectivity index (χ2v) is 8.45. The van der Waals surface area contributed by atoms with E-state index in [9.17, 15) is 4.79 Å². The topological polar surface area (TPSA) is 72.7 Å². The lowest BCUT2D eigenvalue weighted by Gasteiger charge is -2.08. The zero-order valence-corrected chi connectivity index (χ0v) is 18.1. The number of benzene rings is 1. The van der Waals surface area contributed by atoms with Crippen LogP contribution < -0.4 is 5.32 Å². The lowest BCUT2D eigenvalue weighted by Crippen LogP contribution is -2.22. The largest absolute Gasteiger partial charge is 0.348 e. The van der Waals surface area contributed by atoms with Gasteiger partial charge in [-0.25, -0.2) is 0 Å². The van der Waals surface area contributed by atoms with Gasteiger partial charge in [0.1, 0.15) is 0 Å². The summed E-state index contributed by atoms with van der Waals surface area (Å²) in [5, 5.41) is 14.6. The van der Waals surface area contributed by atoms with Gasteiger partial charge >= 0.3 is 0 Å². The maximum atomic E-state index is 12.5. The van der Waals surface area contributed by atoms with E-state index in [0.717, 1.165) is 33.5 Å². The third-order valence-corrected chi connectivity index (χ3v) is 6.44. The summed E-state index contributed by atoms with van der Waals surface area (Å²) in [6.07, 6.45) is 3.44. The van der Waals surface area contributed by atoms with Crippen LogP contribution in [0.1, 0.15) is 28.4 Å². The Hall–Kier alpha value is -2.97. The van der Waals surface area contributed by atoms with Crippen LogP contribution >= 0.6 is 23.1 Å². The number of aromatic nitrogens is 4. The van der Waals surface area contributed by atoms with E-state index in [2.05, 4.69) is 38.1 Å². The van der Waals surface area contributed by atoms with Crippen LogP contribution in [-0.2, 0) is 18.8 Å². The van der Waals surface area contributed by atoms with Gasteiger partial charge in [0.25, 0.3) is 5.91 Å². The molecule has 0 bridgehead atoms. The minimum atomic E-state index is -0.0876. The maximum Gasteiger partial charge on any atom is 0.251 e. The zero-order chi connectivity index (χ0) is 20.8. The van der Waals surface area contributed by atoms with Crippen molar-refractivity contribution in [2.75, 3.05) is 0 Å². The number of carbonyl (C=O) groups is 1. The third kappa shape index (κ3) is 4.77. The monoisotopic (exact) mass is 435 g/mol. The lowest BCUT2D eigenvalue weighted by molar-refractivity contribution is 0.0951. The Bertz CT molecular complexity index is 1110. The number of hydrogen-bond donors (Lipinski definition) is 1. The molecule has 0 aliphatic rings. The van der Waals surface area contributed by atoms with Crippen molar-refractivity contribution in [1.82, 2.24) is 25.1 Å². The van der Waals surface area contributed by atoms with Gasteiger partial charge in [-0.2, -0.15) is 0 Å². The smallest absolute Gasteiger partial charge is 0.251 e. The summed E-state index contributed by atoms with van der Waals surface area (Å²) >= 11 is 3.29. The Morgan fingerprint density at radius 1 is 1.10 bits per heavy atom. The van der Waals surface area contributed by atoms with Gasteiger partial charge in [0.05, 0.1) is 4.88 Å². The highest BCUT2D eigenvalue weighted by molar-refractivity contribution is 7.98. The molecule has 3 heterocycles. The van der Waals surface area contributed by atoms with Crippen molar-refractivity contribution in [2.24, 2.45) is 0 Å². The van der Waals surface area contributed by atoms with E-state index >= 15 is 0 Å². The Morgan fingerprint density at radius 2 is 1.97 bits per heavy atom. The lowest BCUT2D eigenvalue weighted by atomic mass is 10.1. The van der Waals surface area contributed by atoms with Crippen molar-refractivity contribution in [2.45, 2.75) is 30.9 Å². The van der Waals surface area contributed by atoms with E-state index in [-0.39, 0.29) is 5.91 Å². The van der Waals surface area contributed by atoms with Crippen molar-refractivity contribution in [3.05, 3.63) is 83.0 Å². The molecule has 1 N–H and O–H groups in total. The number of pyridine rings is 1. The van der Waals surface area contributed by atoms with Crippen LogP contribution in [0.5, 0.6) is 0 Å². The van der Waals surface area contributed by atoms with Crippen molar-refractivity contribution in [3.63, 3.8) is 0 Å². The molecule has 0 saturated heterocycles. The Morgan fingerprint density at radius 3 is 2.73 bits per heavy atom. The highest BCUT2D eigenvalue weighted by Gasteiger charge is 2.14. The first-order valence-electron chi connectivity index (χ1n) is 9.60. The molecule has 30 heavy (non-hydrogen) atoms. The molecule has 8 heteroatoms. The van der Waals surface area contributed by atoms with Crippen LogP contribution in [0.4, 0.5) is 0 Å². The first kappa shape index (κ1) is 20.3. The van der Waals surface area contributed by atoms with Gasteiger partial charge in [-0.05, 0) is 53.8 Å². The van der Waals surface area contributed by atoms with E-state index in [1.54, 1.807) is 35.5 Å². The highest BCUT2D eigenvalue weighted by atomic mass is 32.2. The summed E-state index contributed by atoms with van der Waals surface area (Å²) in [4.78, 5) is 17.6. The molecule has 6 nitrogen and oxygen atoms in total. The molecule has 152 valence electrons. The van der Waals surface area contributed by atoms with E-state index < -0.39 is 0 Å². The fourth-order valence-corrected chi connectivity index (χ4v) is 4.67. The van der Waals surface area contributed by atoms with Gasteiger partial charge < -0.3 is 9.88 Å². The number of carbonyl (C=O) groups excluding carboxylic acids is 1. The molecule has 4 aromatic rings. The summed E-state index contributed by atoms with van der Waals surface area (Å²) < 4.78 is 2.13. The predicted octanol–water partition coefficient (Wildman–Crippen LogP) is 4.64. The number of thioether (sulfide) groups is 1. The van der Waals surface area contributed by atoms with Gasteiger partial charge in [-0.15, -0.1) is 21.5 Å². The summed E-state index contributed by atoms with van der Waals surface area (Å²) in [5.74, 6) is 1.53. The van der Waals surface area contributed by atoms with Crippen molar-refractivity contribution >= 4 is 29.0 Å². The number of hydrogen-bond acceptors (Lipinski definition) is 6. The Kier molecular flexibility index (Phi) is 6.56. The van der Waals surface area contributed by atoms with Gasteiger partial charge in [-0.3, -0.25) is 9.78 Å². The van der Waals surface area contributed by atoms with E-state index in [0.29, 0.717) is 17.9 Å². The van der Waals surface area contributed by atoms with Gasteiger partial charge in [0, 0.05) is 36.8 Å². The second-order valence-electron chi connectivity index (χ2n) is 6.55. The summed E-state index contributed by atoms with van der Waals surface area (Å²) in [6, 6.07) is 15.6. The number of thiophene rings is 1. The Balaban J connectivity index is 1.41. The average molecular weight is 436 g/mol. The third-order valence-electron chi connectivity index (χ3n) is 4.53. The number of rotatable bonds is 8. The van der Waals surface area contributed by atoms with E-state index in [1.807, 2.05) is 47.8 Å². The number of amides is 1. The SMILES string of the molecule is CCn1c(SCc2cccc(C(=O)NCc3ccncc3)c2)nnc1-c1cccs1. The minimum Gasteiger partial charge on any atom is -0.348 e. The molecule has 0 radical (unpaired) electrons. The Labute approximate surface area is 183 Å². The van der Waals surface area contributed by atoms with Crippen molar-refractivity contribution in [1.29, 1.82) is 0 Å². The fourth-order valence-electron chi connectivity index (χ4n) is 3.00. The van der Waals surface area contributed by atoms with Crippen LogP contribution in [0.3, 0.4) is 0 Å². The molecule has 0 fully saturated rings. The minimum absolute atomic E-state index is 0.0876. The molecule has 0 atom stereocenters. The van der Waals surface area contributed by atoms with Gasteiger partial charge in [0.2, 0.25) is 0 Å². The first-order valence-corrected chi connectivity index (χ1v) is 11.5. The number of nitrogens with one attached hydrogen (secondary N) is 1. The highest BCUT2D eigenvalue weighted by Crippen LogP contribution is 2.28. The number of nitrogens with zero attached hydrogens (tertiary/aromatic N) is 4. The molecule has 1 aromatic carbocycles. The molecular formula is C22H21N5OS2. The standard InChI is InChI=1S/C22H21N5OS2/c1-2-27-20(19-7-4-12-29-19)25-26-22(27)30-15-17-5-3-6-18(13-17)21(28)24-14-16-8-10-23-11-9-16/h3-13H,2,14-15H2,1H3,(H,24,28). The van der Waals surface area contributed by atoms with E-state index in [1.165, 1.54) is 0 Å². The van der Waals surface area contributed by atoms with Gasteiger partial charge in [0.15, 0.2) is 11.0 Å². The predicted molar refractivity (Wildman–Crippen MR) is 120 cm³/mol. The zero-order valence-electron chi connectivity index (χ0n) is 16.5. The van der Waals surface area contributed by atoms with Crippen LogP contribution in [0.25, 0.3) is 10.7 Å². The summed E-state index contributed by atoms with van der Waals surface area (Å²) in [6.45, 7) is 3.38. The van der Waals surface area contributed by atoms with Gasteiger partial charge in [-0.1, -0.05) is 30.0 Å². The van der Waals surface area contributed by atoms with Crippen LogP contribution in [-0.4, -0.2) is 25.7 Å². The molecule has 1 amide bonds. The normalized spacial score (nSPS) is 10.8. The second kappa shape index (κ2) is 9.69. The quantitative estimate of drug-likeness (QED) is 0.408. The average Bonchev–Trinajstić information content (AvgIpc) is 3.46. The fraction of sp³-hybridized carbons (Fsp3) is 0.182. The molecule has 0 unspecified atom stereocenters.